The summed E-state index contributed by atoms with van der Waals surface area (Å²) in [6.45, 7) is 3.31. The van der Waals surface area contributed by atoms with E-state index in [2.05, 4.69) is 11.2 Å². The van der Waals surface area contributed by atoms with E-state index in [0.717, 1.165) is 0 Å². The van der Waals surface area contributed by atoms with Crippen molar-refractivity contribution in [3.63, 3.8) is 0 Å². The zero-order valence-corrected chi connectivity index (χ0v) is 7.78. The standard InChI is InChI=1S/C9H14F3N/c1-4-8(5-2)13-7(3)6-9(10,11)12/h1,7-8,13H,5-6H2,2-3H3. The van der Waals surface area contributed by atoms with E-state index in [1.807, 2.05) is 6.92 Å². The lowest BCUT2D eigenvalue weighted by Gasteiger charge is -2.19. The Balaban J connectivity index is 3.87. The summed E-state index contributed by atoms with van der Waals surface area (Å²) in [6, 6.07) is -0.890. The highest BCUT2D eigenvalue weighted by molar-refractivity contribution is 4.98. The Morgan fingerprint density at radius 2 is 2.00 bits per heavy atom. The zero-order chi connectivity index (χ0) is 10.5. The van der Waals surface area contributed by atoms with Crippen LogP contribution in [0.5, 0.6) is 0 Å². The summed E-state index contributed by atoms with van der Waals surface area (Å²) in [5.74, 6) is 2.39. The molecule has 0 aliphatic heterocycles. The molecule has 13 heavy (non-hydrogen) atoms. The van der Waals surface area contributed by atoms with Crippen LogP contribution >= 0.6 is 0 Å². The maximum Gasteiger partial charge on any atom is 0.390 e. The maximum atomic E-state index is 11.9. The summed E-state index contributed by atoms with van der Waals surface area (Å²) in [7, 11) is 0. The highest BCUT2D eigenvalue weighted by Gasteiger charge is 2.30. The van der Waals surface area contributed by atoms with E-state index in [0.29, 0.717) is 6.42 Å². The predicted octanol–water partition coefficient (Wildman–Crippen LogP) is 2.33. The first kappa shape index (κ1) is 12.3. The monoisotopic (exact) mass is 193 g/mol. The van der Waals surface area contributed by atoms with Crippen molar-refractivity contribution in [2.45, 2.75) is 44.9 Å². The average molecular weight is 193 g/mol. The second-order valence-electron chi connectivity index (χ2n) is 3.01. The molecule has 0 saturated heterocycles. The van der Waals surface area contributed by atoms with Crippen molar-refractivity contribution in [2.24, 2.45) is 0 Å². The largest absolute Gasteiger partial charge is 0.390 e. The molecule has 0 aromatic rings. The molecule has 0 bridgehead atoms. The Bertz CT molecular complexity index is 180. The normalized spacial score (nSPS) is 16.3. The molecule has 0 fully saturated rings. The van der Waals surface area contributed by atoms with Crippen LogP contribution in [0.3, 0.4) is 0 Å². The number of hydrogen-bond donors (Lipinski definition) is 1. The zero-order valence-electron chi connectivity index (χ0n) is 7.78. The van der Waals surface area contributed by atoms with Gasteiger partial charge >= 0.3 is 6.18 Å². The van der Waals surface area contributed by atoms with E-state index in [1.54, 1.807) is 0 Å². The summed E-state index contributed by atoms with van der Waals surface area (Å²) in [5.41, 5.74) is 0. The first-order valence-electron chi connectivity index (χ1n) is 4.18. The fourth-order valence-corrected chi connectivity index (χ4v) is 1.03. The van der Waals surface area contributed by atoms with Crippen molar-refractivity contribution in [3.8, 4) is 12.3 Å². The first-order valence-corrected chi connectivity index (χ1v) is 4.18. The summed E-state index contributed by atoms with van der Waals surface area (Å²) in [4.78, 5) is 0. The molecule has 0 aliphatic carbocycles. The molecule has 0 radical (unpaired) electrons. The highest BCUT2D eigenvalue weighted by atomic mass is 19.4. The molecule has 0 aromatic heterocycles. The van der Waals surface area contributed by atoms with Crippen LogP contribution < -0.4 is 5.32 Å². The molecule has 0 amide bonds. The van der Waals surface area contributed by atoms with E-state index >= 15 is 0 Å². The van der Waals surface area contributed by atoms with Gasteiger partial charge in [0.1, 0.15) is 0 Å². The van der Waals surface area contributed by atoms with Crippen LogP contribution in [0.2, 0.25) is 0 Å². The Kier molecular flexibility index (Phi) is 4.86. The minimum atomic E-state index is -4.13. The van der Waals surface area contributed by atoms with Crippen LogP contribution in [0.25, 0.3) is 0 Å². The fourth-order valence-electron chi connectivity index (χ4n) is 1.03. The number of nitrogens with one attached hydrogen (secondary N) is 1. The van der Waals surface area contributed by atoms with Gasteiger partial charge in [0.25, 0.3) is 0 Å². The van der Waals surface area contributed by atoms with Crippen LogP contribution in [-0.4, -0.2) is 18.3 Å². The van der Waals surface area contributed by atoms with Gasteiger partial charge in [0, 0.05) is 6.04 Å². The van der Waals surface area contributed by atoms with Crippen LogP contribution in [-0.2, 0) is 0 Å². The third-order valence-corrected chi connectivity index (χ3v) is 1.63. The maximum absolute atomic E-state index is 11.9. The van der Waals surface area contributed by atoms with Crippen molar-refractivity contribution in [3.05, 3.63) is 0 Å². The number of hydrogen-bond acceptors (Lipinski definition) is 1. The Morgan fingerprint density at radius 3 is 2.31 bits per heavy atom. The molecule has 0 saturated carbocycles. The van der Waals surface area contributed by atoms with Gasteiger partial charge in [-0.1, -0.05) is 12.8 Å². The third kappa shape index (κ3) is 6.47. The molecule has 0 heterocycles. The molecule has 0 spiro atoms. The number of terminal acetylenes is 1. The molecular formula is C9H14F3N. The second-order valence-corrected chi connectivity index (χ2v) is 3.01. The highest BCUT2D eigenvalue weighted by Crippen LogP contribution is 2.21. The molecule has 2 unspecified atom stereocenters. The van der Waals surface area contributed by atoms with Crippen molar-refractivity contribution in [1.29, 1.82) is 0 Å². The summed E-state index contributed by atoms with van der Waals surface area (Å²) < 4.78 is 35.6. The number of halogens is 3. The topological polar surface area (TPSA) is 12.0 Å². The average Bonchev–Trinajstić information content (AvgIpc) is 1.96. The molecule has 1 N–H and O–H groups in total. The van der Waals surface area contributed by atoms with Crippen LogP contribution in [0.4, 0.5) is 13.2 Å². The van der Waals surface area contributed by atoms with E-state index in [1.165, 1.54) is 6.92 Å². The van der Waals surface area contributed by atoms with Gasteiger partial charge in [0.2, 0.25) is 0 Å². The molecule has 0 aliphatic rings. The van der Waals surface area contributed by atoms with Gasteiger partial charge in [-0.05, 0) is 13.3 Å². The number of rotatable bonds is 4. The van der Waals surface area contributed by atoms with Gasteiger partial charge in [-0.2, -0.15) is 13.2 Å². The van der Waals surface area contributed by atoms with E-state index in [-0.39, 0.29) is 6.04 Å². The molecule has 4 heteroatoms. The fraction of sp³-hybridized carbons (Fsp3) is 0.778. The van der Waals surface area contributed by atoms with Gasteiger partial charge in [-0.15, -0.1) is 6.42 Å². The van der Waals surface area contributed by atoms with Crippen molar-refractivity contribution < 1.29 is 13.2 Å². The van der Waals surface area contributed by atoms with Crippen LogP contribution in [0.15, 0.2) is 0 Å². The molecule has 2 atom stereocenters. The van der Waals surface area contributed by atoms with Crippen molar-refractivity contribution >= 4 is 0 Å². The summed E-state index contributed by atoms with van der Waals surface area (Å²) >= 11 is 0. The van der Waals surface area contributed by atoms with Gasteiger partial charge in [0.15, 0.2) is 0 Å². The quantitative estimate of drug-likeness (QED) is 0.676. The van der Waals surface area contributed by atoms with Crippen molar-refractivity contribution in [2.75, 3.05) is 0 Å². The smallest absolute Gasteiger partial charge is 0.301 e. The SMILES string of the molecule is C#CC(CC)NC(C)CC(F)(F)F. The molecule has 0 rings (SSSR count). The van der Waals surface area contributed by atoms with Crippen LogP contribution in [0, 0.1) is 12.3 Å². The lowest BCUT2D eigenvalue weighted by molar-refractivity contribution is -0.139. The first-order chi connectivity index (χ1) is 5.89. The molecule has 1 nitrogen and oxygen atoms in total. The van der Waals surface area contributed by atoms with Crippen LogP contribution in [0.1, 0.15) is 26.7 Å². The summed E-state index contributed by atoms with van der Waals surface area (Å²) in [6.07, 6.45) is 0.771. The van der Waals surface area contributed by atoms with E-state index in [9.17, 15) is 13.2 Å². The van der Waals surface area contributed by atoms with E-state index in [4.69, 9.17) is 6.42 Å². The Morgan fingerprint density at radius 1 is 1.46 bits per heavy atom. The van der Waals surface area contributed by atoms with Gasteiger partial charge < -0.3 is 5.32 Å². The van der Waals surface area contributed by atoms with Gasteiger partial charge in [-0.25, -0.2) is 0 Å². The molecular weight excluding hydrogens is 179 g/mol. The minimum absolute atomic E-state index is 0.266. The lowest BCUT2D eigenvalue weighted by atomic mass is 10.1. The van der Waals surface area contributed by atoms with Gasteiger partial charge in [-0.3, -0.25) is 0 Å². The Hall–Kier alpha value is -0.690. The lowest BCUT2D eigenvalue weighted by Crippen LogP contribution is -2.37. The van der Waals surface area contributed by atoms with E-state index < -0.39 is 18.6 Å². The minimum Gasteiger partial charge on any atom is -0.301 e. The van der Waals surface area contributed by atoms with Crippen molar-refractivity contribution in [1.82, 2.24) is 5.32 Å². The molecule has 76 valence electrons. The second kappa shape index (κ2) is 5.13. The van der Waals surface area contributed by atoms with Gasteiger partial charge in [0.05, 0.1) is 12.5 Å². The third-order valence-electron chi connectivity index (χ3n) is 1.63. The number of alkyl halides is 3. The molecule has 0 aromatic carbocycles. The summed E-state index contributed by atoms with van der Waals surface area (Å²) in [5, 5.41) is 2.72. The predicted molar refractivity (Wildman–Crippen MR) is 46.2 cm³/mol. The Labute approximate surface area is 76.7 Å².